The Labute approximate surface area is 134 Å². The van der Waals surface area contributed by atoms with E-state index >= 15 is 0 Å². The minimum Gasteiger partial charge on any atom is -0.338 e. The summed E-state index contributed by atoms with van der Waals surface area (Å²) in [6, 6.07) is 2.42. The molecular weight excluding hydrogens is 254 g/mol. The van der Waals surface area contributed by atoms with Gasteiger partial charge in [-0.15, -0.1) is 6.58 Å². The largest absolute Gasteiger partial charge is 0.338 e. The van der Waals surface area contributed by atoms with Crippen LogP contribution in [0.3, 0.4) is 0 Å². The van der Waals surface area contributed by atoms with Crippen molar-refractivity contribution in [3.8, 4) is 0 Å². The van der Waals surface area contributed by atoms with E-state index in [2.05, 4.69) is 71.6 Å². The normalized spacial score (nSPS) is 17.5. The molecule has 0 unspecified atom stereocenters. The van der Waals surface area contributed by atoms with Gasteiger partial charge >= 0.3 is 0 Å². The second-order valence-corrected chi connectivity index (χ2v) is 7.97. The lowest BCUT2D eigenvalue weighted by molar-refractivity contribution is 0.292. The van der Waals surface area contributed by atoms with Crippen molar-refractivity contribution in [2.75, 3.05) is 0 Å². The van der Waals surface area contributed by atoms with E-state index in [9.17, 15) is 0 Å². The molecule has 0 amide bonds. The summed E-state index contributed by atoms with van der Waals surface area (Å²) >= 11 is 0. The predicted molar refractivity (Wildman–Crippen MR) is 99.3 cm³/mol. The number of hydrogen-bond acceptors (Lipinski definition) is 2. The van der Waals surface area contributed by atoms with Gasteiger partial charge in [0.1, 0.15) is 0 Å². The molecule has 1 aliphatic heterocycles. The molecule has 0 aliphatic carbocycles. The van der Waals surface area contributed by atoms with Crippen molar-refractivity contribution in [2.24, 2.45) is 0 Å². The number of allylic oxidation sites excluding steroid dienone is 1. The van der Waals surface area contributed by atoms with Crippen LogP contribution in [0.2, 0.25) is 18.9 Å². The number of hydrogen-bond donors (Lipinski definition) is 0. The number of rotatable bonds is 6. The lowest BCUT2D eigenvalue weighted by atomic mass is 9.29. The van der Waals surface area contributed by atoms with Crippen LogP contribution in [0.15, 0.2) is 12.2 Å². The highest BCUT2D eigenvalue weighted by Gasteiger charge is 2.39. The second-order valence-electron chi connectivity index (χ2n) is 7.97. The van der Waals surface area contributed by atoms with E-state index in [1.807, 2.05) is 0 Å². The fourth-order valence-electron chi connectivity index (χ4n) is 4.56. The Morgan fingerprint density at radius 3 is 1.24 bits per heavy atom. The van der Waals surface area contributed by atoms with Crippen molar-refractivity contribution in [1.82, 2.24) is 9.62 Å². The molecule has 1 aliphatic rings. The molecule has 2 nitrogen and oxygen atoms in total. The Balaban J connectivity index is 2.93. The van der Waals surface area contributed by atoms with Gasteiger partial charge in [-0.1, -0.05) is 67.2 Å². The summed E-state index contributed by atoms with van der Waals surface area (Å²) in [4.78, 5) is 5.38. The van der Waals surface area contributed by atoms with Crippen LogP contribution in [-0.2, 0) is 0 Å². The Bertz CT molecular complexity index is 294. The van der Waals surface area contributed by atoms with Crippen LogP contribution in [0.25, 0.3) is 0 Å². The Hall–Kier alpha value is -0.210. The molecule has 0 saturated carbocycles. The van der Waals surface area contributed by atoms with Crippen LogP contribution < -0.4 is 0 Å². The van der Waals surface area contributed by atoms with E-state index in [0.29, 0.717) is 37.9 Å². The third kappa shape index (κ3) is 4.89. The summed E-state index contributed by atoms with van der Waals surface area (Å²) in [7, 11) is 0. The van der Waals surface area contributed by atoms with Gasteiger partial charge in [0.2, 0.25) is 13.7 Å². The van der Waals surface area contributed by atoms with Gasteiger partial charge in [-0.05, 0) is 36.8 Å². The molecule has 0 aromatic rings. The van der Waals surface area contributed by atoms with Crippen molar-refractivity contribution in [2.45, 2.75) is 98.4 Å². The van der Waals surface area contributed by atoms with Crippen molar-refractivity contribution in [3.63, 3.8) is 0 Å². The second kappa shape index (κ2) is 7.87. The summed E-state index contributed by atoms with van der Waals surface area (Å²) in [6.45, 7) is 24.3. The summed E-state index contributed by atoms with van der Waals surface area (Å²) in [5.41, 5.74) is 1.44. The van der Waals surface area contributed by atoms with E-state index in [1.165, 1.54) is 24.4 Å². The molecule has 1 heterocycles. The van der Waals surface area contributed by atoms with Crippen LogP contribution in [-0.4, -0.2) is 47.5 Å². The molecule has 120 valence electrons. The first-order valence-corrected chi connectivity index (χ1v) is 8.86. The fraction of sp³-hybridized carbons (Fsp3) is 0.882. The average molecular weight is 290 g/mol. The highest BCUT2D eigenvalue weighted by Crippen LogP contribution is 2.31. The van der Waals surface area contributed by atoms with Crippen LogP contribution in [0, 0.1) is 0 Å². The van der Waals surface area contributed by atoms with Crippen LogP contribution in [0.4, 0.5) is 0 Å². The first-order valence-electron chi connectivity index (χ1n) is 8.86. The lowest BCUT2D eigenvalue weighted by Gasteiger charge is -2.45. The Kier molecular flexibility index (Phi) is 7.06. The van der Waals surface area contributed by atoms with Crippen LogP contribution >= 0.6 is 0 Å². The van der Waals surface area contributed by atoms with Gasteiger partial charge < -0.3 is 9.62 Å². The molecule has 1 rings (SSSR count). The van der Waals surface area contributed by atoms with Crippen molar-refractivity contribution < 1.29 is 0 Å². The molecule has 0 bridgehead atoms. The maximum Gasteiger partial charge on any atom is 0.221 e. The van der Waals surface area contributed by atoms with Gasteiger partial charge in [0, 0.05) is 0 Å². The van der Waals surface area contributed by atoms with Gasteiger partial charge in [-0.3, -0.25) is 0 Å². The third-order valence-corrected chi connectivity index (χ3v) is 4.82. The zero-order chi connectivity index (χ0) is 16.3. The van der Waals surface area contributed by atoms with E-state index in [0.717, 1.165) is 0 Å². The molecule has 0 aromatic heterocycles. The summed E-state index contributed by atoms with van der Waals surface area (Å²) in [5, 5.41) is 0. The van der Waals surface area contributed by atoms with Crippen LogP contribution in [0.5, 0.6) is 0 Å². The first-order chi connectivity index (χ1) is 9.65. The smallest absolute Gasteiger partial charge is 0.221 e. The van der Waals surface area contributed by atoms with Gasteiger partial charge in [0.25, 0.3) is 0 Å². The van der Waals surface area contributed by atoms with Crippen LogP contribution in [0.1, 0.15) is 55.4 Å². The maximum atomic E-state index is 4.36. The SMILES string of the molecule is C=C1CB(N(C(C)C)C(C)C)CB(N(C(C)C)C(C)C)C1. The third-order valence-electron chi connectivity index (χ3n) is 4.82. The quantitative estimate of drug-likeness (QED) is 0.531. The predicted octanol–water partition coefficient (Wildman–Crippen LogP) is 4.32. The molecule has 21 heavy (non-hydrogen) atoms. The molecule has 0 N–H and O–H groups in total. The zero-order valence-corrected chi connectivity index (χ0v) is 15.7. The van der Waals surface area contributed by atoms with Crippen molar-refractivity contribution >= 4 is 13.7 Å². The average Bonchev–Trinajstić information content (AvgIpc) is 2.25. The van der Waals surface area contributed by atoms with Crippen molar-refractivity contribution in [3.05, 3.63) is 12.2 Å². The topological polar surface area (TPSA) is 6.48 Å². The molecule has 0 spiro atoms. The minimum atomic E-state index is 0.605. The molecule has 0 aromatic carbocycles. The van der Waals surface area contributed by atoms with Gasteiger partial charge in [0.05, 0.1) is 0 Å². The Morgan fingerprint density at radius 1 is 0.714 bits per heavy atom. The Morgan fingerprint density at radius 2 is 1.00 bits per heavy atom. The fourth-order valence-corrected chi connectivity index (χ4v) is 4.56. The van der Waals surface area contributed by atoms with E-state index < -0.39 is 0 Å². The molecule has 0 atom stereocenters. The molecule has 1 saturated heterocycles. The van der Waals surface area contributed by atoms with Gasteiger partial charge in [0.15, 0.2) is 0 Å². The standard InChI is InChI=1S/C17H36B2N2/c1-13(2)20(14(3)4)18-10-17(9)11-19(12-18)21(15(5)6)16(7)8/h13-16H,9-12H2,1-8H3. The summed E-state index contributed by atoms with van der Waals surface area (Å²) in [5.74, 6) is 0. The van der Waals surface area contributed by atoms with E-state index in [1.54, 1.807) is 0 Å². The maximum absolute atomic E-state index is 4.36. The first kappa shape index (κ1) is 18.8. The molecule has 1 fully saturated rings. The molecule has 4 heteroatoms. The van der Waals surface area contributed by atoms with Gasteiger partial charge in [-0.2, -0.15) is 0 Å². The van der Waals surface area contributed by atoms with E-state index in [4.69, 9.17) is 0 Å². The summed E-state index contributed by atoms with van der Waals surface area (Å²) < 4.78 is 0. The van der Waals surface area contributed by atoms with Gasteiger partial charge in [-0.25, -0.2) is 0 Å². The lowest BCUT2D eigenvalue weighted by Crippen LogP contribution is -2.57. The van der Waals surface area contributed by atoms with Crippen molar-refractivity contribution in [1.29, 1.82) is 0 Å². The minimum absolute atomic E-state index is 0.605. The highest BCUT2D eigenvalue weighted by atomic mass is 15.1. The number of nitrogens with zero attached hydrogens (tertiary/aromatic N) is 2. The summed E-state index contributed by atoms with van der Waals surface area (Å²) in [6.07, 6.45) is 3.64. The zero-order valence-electron chi connectivity index (χ0n) is 15.7. The molecular formula is C17H36B2N2. The molecule has 0 radical (unpaired) electrons. The monoisotopic (exact) mass is 290 g/mol. The highest BCUT2D eigenvalue weighted by molar-refractivity contribution is 6.77. The van der Waals surface area contributed by atoms with E-state index in [-0.39, 0.29) is 0 Å².